The molecule has 53 heavy (non-hydrogen) atoms. The number of amides is 1. The Morgan fingerprint density at radius 3 is 2.53 bits per heavy atom. The van der Waals surface area contributed by atoms with E-state index in [9.17, 15) is 18.4 Å². The number of carbonyl (C=O) groups is 1. The summed E-state index contributed by atoms with van der Waals surface area (Å²) < 4.78 is 40.6. The van der Waals surface area contributed by atoms with Crippen LogP contribution in [0.3, 0.4) is 0 Å². The predicted octanol–water partition coefficient (Wildman–Crippen LogP) is 6.92. The van der Waals surface area contributed by atoms with Crippen LogP contribution in [0.4, 0.5) is 20.3 Å². The van der Waals surface area contributed by atoms with E-state index in [-0.39, 0.29) is 40.7 Å². The molecule has 3 aromatic heterocycles. The second kappa shape index (κ2) is 14.4. The van der Waals surface area contributed by atoms with Crippen molar-refractivity contribution in [3.05, 3.63) is 92.5 Å². The summed E-state index contributed by atoms with van der Waals surface area (Å²) >= 11 is 7.18. The minimum atomic E-state index is -2.84. The highest BCUT2D eigenvalue weighted by molar-refractivity contribution is 6.36. The number of alkyl halides is 2. The van der Waals surface area contributed by atoms with Crippen LogP contribution in [-0.4, -0.2) is 69.5 Å². The number of benzene rings is 2. The average molecular weight is 744 g/mol. The van der Waals surface area contributed by atoms with Gasteiger partial charge in [0.15, 0.2) is 0 Å². The maximum absolute atomic E-state index is 13.8. The van der Waals surface area contributed by atoms with Crippen LogP contribution in [0.5, 0.6) is 5.88 Å². The third-order valence-electron chi connectivity index (χ3n) is 10.2. The molecule has 1 spiro atoms. The Bertz CT molecular complexity index is 2280. The van der Waals surface area contributed by atoms with Gasteiger partial charge in [-0.15, -0.1) is 0 Å². The number of halogens is 3. The number of ether oxygens (including phenoxy) is 2. The smallest absolute Gasteiger partial charge is 0.280 e. The Morgan fingerprint density at radius 1 is 1.08 bits per heavy atom. The van der Waals surface area contributed by atoms with E-state index in [1.165, 1.54) is 19.3 Å². The lowest BCUT2D eigenvalue weighted by molar-refractivity contribution is -0.179. The molecule has 2 N–H and O–H groups in total. The topological polar surface area (TPSA) is 124 Å². The molecule has 0 saturated carbocycles. The fourth-order valence-corrected chi connectivity index (χ4v) is 7.87. The van der Waals surface area contributed by atoms with Gasteiger partial charge in [-0.1, -0.05) is 55.8 Å². The van der Waals surface area contributed by atoms with Crippen LogP contribution in [0.25, 0.3) is 33.2 Å². The minimum absolute atomic E-state index is 0.0186. The van der Waals surface area contributed by atoms with Gasteiger partial charge in [0.1, 0.15) is 23.7 Å². The van der Waals surface area contributed by atoms with E-state index in [0.29, 0.717) is 28.8 Å². The summed E-state index contributed by atoms with van der Waals surface area (Å²) in [5.74, 6) is 0.492. The first kappa shape index (κ1) is 36.4. The van der Waals surface area contributed by atoms with Crippen molar-refractivity contribution in [3.63, 3.8) is 0 Å². The van der Waals surface area contributed by atoms with Gasteiger partial charge in [0.25, 0.3) is 12.0 Å². The third kappa shape index (κ3) is 6.51. The summed E-state index contributed by atoms with van der Waals surface area (Å²) in [6.45, 7) is 7.94. The summed E-state index contributed by atoms with van der Waals surface area (Å²) in [7, 11) is 3.12. The number of nitrogens with one attached hydrogen (secondary N) is 2. The lowest BCUT2D eigenvalue weighted by Gasteiger charge is -2.53. The van der Waals surface area contributed by atoms with Crippen molar-refractivity contribution in [3.8, 4) is 28.3 Å². The molecular formula is C39H40ClF2N7O4. The summed E-state index contributed by atoms with van der Waals surface area (Å²) in [4.78, 5) is 36.1. The highest BCUT2D eigenvalue weighted by Gasteiger charge is 2.50. The van der Waals surface area contributed by atoms with Crippen LogP contribution in [0.2, 0.25) is 5.02 Å². The molecule has 2 fully saturated rings. The molecule has 1 aliphatic carbocycles. The van der Waals surface area contributed by atoms with Crippen LogP contribution in [-0.2, 0) is 23.0 Å². The maximum Gasteiger partial charge on any atom is 0.280 e. The van der Waals surface area contributed by atoms with Crippen molar-refractivity contribution in [2.75, 3.05) is 38.7 Å². The molecule has 276 valence electrons. The van der Waals surface area contributed by atoms with E-state index >= 15 is 0 Å². The van der Waals surface area contributed by atoms with Gasteiger partial charge in [-0.05, 0) is 54.7 Å². The molecule has 2 aliphatic heterocycles. The fraction of sp³-hybridized carbons (Fsp3) is 0.359. The highest BCUT2D eigenvalue weighted by atomic mass is 35.5. The molecule has 5 aromatic rings. The normalized spacial score (nSPS) is 17.6. The molecule has 1 atom stereocenters. The van der Waals surface area contributed by atoms with Gasteiger partial charge in [-0.25, -0.2) is 23.4 Å². The number of morpholine rings is 1. The Labute approximate surface area is 310 Å². The fourth-order valence-electron chi connectivity index (χ4n) is 7.54. The van der Waals surface area contributed by atoms with Crippen LogP contribution in [0.1, 0.15) is 55.1 Å². The zero-order valence-corrected chi connectivity index (χ0v) is 30.9. The van der Waals surface area contributed by atoms with Crippen molar-refractivity contribution in [1.82, 2.24) is 30.0 Å². The van der Waals surface area contributed by atoms with Gasteiger partial charge < -0.3 is 20.1 Å². The number of pyridine rings is 2. The molecule has 5 heterocycles. The predicted molar refractivity (Wildman–Crippen MR) is 200 cm³/mol. The number of hydrogen-bond acceptors (Lipinski definition) is 9. The van der Waals surface area contributed by atoms with Gasteiger partial charge in [-0.2, -0.15) is 5.10 Å². The number of methoxy groups -OCH3 is 1. The van der Waals surface area contributed by atoms with E-state index in [4.69, 9.17) is 26.1 Å². The number of rotatable bonds is 7. The average Bonchev–Trinajstić information content (AvgIpc) is 3.58. The maximum atomic E-state index is 13.8. The Balaban J connectivity index is 0.00000214. The standard InChI is InChI=1S/C37H34ClF2N7O4.C2H6/c1-19-22(6-5-9-25(19)43-34-31-21(13-27(44-34)33(39)40)14-42-46(2)36(31)49)23-7-4-8-24(32(23)38)26-12-20-10-11-28(30(20)35(45-26)50-3)47-17-37(18-47)16-41-29(48)15-51-37;1-2/h4-9,12-14,28,33H,10-11,15-18H2,1-3H3,(H,41,48)(H,43,44);1-2H3. The molecule has 2 saturated heterocycles. The van der Waals surface area contributed by atoms with E-state index < -0.39 is 17.7 Å². The zero-order valence-electron chi connectivity index (χ0n) is 30.1. The van der Waals surface area contributed by atoms with E-state index in [0.717, 1.165) is 64.0 Å². The van der Waals surface area contributed by atoms with Gasteiger partial charge in [0.05, 0.1) is 29.4 Å². The van der Waals surface area contributed by atoms with Crippen molar-refractivity contribution >= 4 is 39.8 Å². The number of anilines is 2. The molecule has 3 aliphatic rings. The molecule has 1 unspecified atom stereocenters. The van der Waals surface area contributed by atoms with Crippen LogP contribution < -0.4 is 20.9 Å². The van der Waals surface area contributed by atoms with Crippen LogP contribution >= 0.6 is 11.6 Å². The van der Waals surface area contributed by atoms with Crippen LogP contribution in [0, 0.1) is 6.92 Å². The number of carbonyl (C=O) groups excluding carboxylic acids is 1. The molecule has 11 nitrogen and oxygen atoms in total. The van der Waals surface area contributed by atoms with Crippen molar-refractivity contribution in [2.24, 2.45) is 7.05 Å². The minimum Gasteiger partial charge on any atom is -0.481 e. The van der Waals surface area contributed by atoms with Gasteiger partial charge >= 0.3 is 0 Å². The number of aryl methyl sites for hydroxylation is 2. The Morgan fingerprint density at radius 2 is 1.81 bits per heavy atom. The van der Waals surface area contributed by atoms with Gasteiger partial charge in [-0.3, -0.25) is 14.5 Å². The number of likely N-dealkylation sites (tertiary alicyclic amines) is 1. The van der Waals surface area contributed by atoms with Crippen molar-refractivity contribution in [1.29, 1.82) is 0 Å². The summed E-state index contributed by atoms with van der Waals surface area (Å²) in [6.07, 6.45) is 0.306. The lowest BCUT2D eigenvalue weighted by Crippen LogP contribution is -2.70. The molecule has 8 rings (SSSR count). The van der Waals surface area contributed by atoms with Crippen molar-refractivity contribution < 1.29 is 23.0 Å². The van der Waals surface area contributed by atoms with Gasteiger partial charge in [0, 0.05) is 60.5 Å². The molecule has 2 aromatic carbocycles. The summed E-state index contributed by atoms with van der Waals surface area (Å²) in [6, 6.07) is 14.7. The van der Waals surface area contributed by atoms with E-state index in [1.54, 1.807) is 13.2 Å². The first-order valence-electron chi connectivity index (χ1n) is 17.6. The number of fused-ring (bicyclic) bond motifs is 2. The van der Waals surface area contributed by atoms with Crippen molar-refractivity contribution in [2.45, 2.75) is 51.7 Å². The molecule has 0 bridgehead atoms. The third-order valence-corrected chi connectivity index (χ3v) is 10.6. The first-order valence-corrected chi connectivity index (χ1v) is 18.0. The Hall–Kier alpha value is -4.98. The van der Waals surface area contributed by atoms with Gasteiger partial charge in [0.2, 0.25) is 11.8 Å². The van der Waals surface area contributed by atoms with Crippen LogP contribution in [0.15, 0.2) is 59.5 Å². The molecular weight excluding hydrogens is 704 g/mol. The quantitative estimate of drug-likeness (QED) is 0.183. The molecule has 1 amide bonds. The second-order valence-electron chi connectivity index (χ2n) is 13.3. The first-order chi connectivity index (χ1) is 25.6. The highest BCUT2D eigenvalue weighted by Crippen LogP contribution is 2.47. The SMILES string of the molecule is CC.COc1nc(-c2cccc(-c3cccc(Nc4nc(C(F)F)cc5cnn(C)c(=O)c45)c3C)c2Cl)cc2c1C(N1CC3(CNC(=O)CO3)C1)CC2. The lowest BCUT2D eigenvalue weighted by atomic mass is 9.89. The molecule has 14 heteroatoms. The second-order valence-corrected chi connectivity index (χ2v) is 13.7. The zero-order chi connectivity index (χ0) is 37.6. The molecule has 0 radical (unpaired) electrons. The summed E-state index contributed by atoms with van der Waals surface area (Å²) in [5.41, 5.74) is 5.28. The van der Waals surface area contributed by atoms with E-state index in [2.05, 4.69) is 31.7 Å². The number of hydrogen-bond donors (Lipinski definition) is 2. The number of aromatic nitrogens is 4. The van der Waals surface area contributed by atoms with E-state index in [1.807, 2.05) is 51.1 Å². The summed E-state index contributed by atoms with van der Waals surface area (Å²) in [5, 5.41) is 11.0. The Kier molecular flexibility index (Phi) is 9.92. The number of nitrogens with zero attached hydrogens (tertiary/aromatic N) is 5. The monoisotopic (exact) mass is 743 g/mol. The largest absolute Gasteiger partial charge is 0.481 e.